The fraction of sp³-hybridized carbons (Fsp3) is 0.318. The molecule has 0 spiro atoms. The molecule has 1 aromatic heterocycles. The molecular formula is C22H24N6O4. The van der Waals surface area contributed by atoms with E-state index in [1.54, 1.807) is 31.2 Å². The minimum Gasteiger partial charge on any atom is -0.462 e. The summed E-state index contributed by atoms with van der Waals surface area (Å²) in [5, 5.41) is 15.1. The Hall–Kier alpha value is -3.79. The van der Waals surface area contributed by atoms with Crippen molar-refractivity contribution in [3.05, 3.63) is 54.1 Å². The van der Waals surface area contributed by atoms with Gasteiger partial charge in [-0.25, -0.2) is 4.79 Å². The maximum Gasteiger partial charge on any atom is 0.338 e. The number of benzene rings is 2. The number of ether oxygens (including phenoxy) is 2. The van der Waals surface area contributed by atoms with Gasteiger partial charge in [-0.3, -0.25) is 4.79 Å². The zero-order valence-electron chi connectivity index (χ0n) is 17.7. The predicted octanol–water partition coefficient (Wildman–Crippen LogP) is 1.99. The van der Waals surface area contributed by atoms with Crippen molar-refractivity contribution in [3.8, 4) is 11.4 Å². The van der Waals surface area contributed by atoms with Gasteiger partial charge in [0.25, 0.3) is 0 Å². The highest BCUT2D eigenvalue weighted by Gasteiger charge is 2.14. The molecule has 0 atom stereocenters. The molecule has 1 amide bonds. The van der Waals surface area contributed by atoms with Gasteiger partial charge in [0.2, 0.25) is 11.7 Å². The Morgan fingerprint density at radius 2 is 1.91 bits per heavy atom. The van der Waals surface area contributed by atoms with Crippen LogP contribution in [0.4, 0.5) is 11.4 Å². The SMILES string of the molecule is CCOC(=O)c1cccc(NC(=O)Cn2nnc(-c3ccc(N4CCOCC4)cc3)n2)c1. The summed E-state index contributed by atoms with van der Waals surface area (Å²) >= 11 is 0. The zero-order chi connectivity index (χ0) is 22.3. The Morgan fingerprint density at radius 3 is 2.66 bits per heavy atom. The second-order valence-corrected chi connectivity index (χ2v) is 7.14. The monoisotopic (exact) mass is 436 g/mol. The molecule has 0 radical (unpaired) electrons. The van der Waals surface area contributed by atoms with Gasteiger partial charge in [0.1, 0.15) is 6.54 Å². The highest BCUT2D eigenvalue weighted by Crippen LogP contribution is 2.21. The number of anilines is 2. The molecule has 1 fully saturated rings. The van der Waals surface area contributed by atoms with E-state index in [0.717, 1.165) is 37.6 Å². The number of morpholine rings is 1. The second-order valence-electron chi connectivity index (χ2n) is 7.14. The maximum atomic E-state index is 12.4. The minimum atomic E-state index is -0.439. The first-order valence-electron chi connectivity index (χ1n) is 10.4. The lowest BCUT2D eigenvalue weighted by atomic mass is 10.2. The molecule has 0 unspecified atom stereocenters. The van der Waals surface area contributed by atoms with Gasteiger partial charge in [0.05, 0.1) is 25.4 Å². The van der Waals surface area contributed by atoms with Crippen molar-refractivity contribution in [2.75, 3.05) is 43.1 Å². The molecule has 10 heteroatoms. The van der Waals surface area contributed by atoms with E-state index >= 15 is 0 Å². The molecule has 0 aliphatic carbocycles. The van der Waals surface area contributed by atoms with Crippen LogP contribution in [0.15, 0.2) is 48.5 Å². The summed E-state index contributed by atoms with van der Waals surface area (Å²) in [6.45, 7) is 5.10. The topological polar surface area (TPSA) is 111 Å². The predicted molar refractivity (Wildman–Crippen MR) is 117 cm³/mol. The van der Waals surface area contributed by atoms with Crippen molar-refractivity contribution >= 4 is 23.3 Å². The summed E-state index contributed by atoms with van der Waals surface area (Å²) in [6.07, 6.45) is 0. The van der Waals surface area contributed by atoms with Crippen LogP contribution >= 0.6 is 0 Å². The molecular weight excluding hydrogens is 412 g/mol. The fourth-order valence-electron chi connectivity index (χ4n) is 3.34. The van der Waals surface area contributed by atoms with Gasteiger partial charge in [-0.2, -0.15) is 4.80 Å². The number of rotatable bonds is 7. The zero-order valence-corrected chi connectivity index (χ0v) is 17.7. The van der Waals surface area contributed by atoms with E-state index in [9.17, 15) is 9.59 Å². The number of nitrogens with one attached hydrogen (secondary N) is 1. The van der Waals surface area contributed by atoms with E-state index in [4.69, 9.17) is 9.47 Å². The van der Waals surface area contributed by atoms with Crippen molar-refractivity contribution in [2.45, 2.75) is 13.5 Å². The molecule has 166 valence electrons. The highest BCUT2D eigenvalue weighted by atomic mass is 16.5. The van der Waals surface area contributed by atoms with Crippen LogP contribution in [-0.4, -0.2) is 65.0 Å². The van der Waals surface area contributed by atoms with E-state index in [1.165, 1.54) is 4.80 Å². The highest BCUT2D eigenvalue weighted by molar-refractivity contribution is 5.94. The van der Waals surface area contributed by atoms with Gasteiger partial charge in [0, 0.05) is 30.0 Å². The van der Waals surface area contributed by atoms with E-state index in [0.29, 0.717) is 17.1 Å². The van der Waals surface area contributed by atoms with E-state index < -0.39 is 5.97 Å². The van der Waals surface area contributed by atoms with E-state index in [1.807, 2.05) is 24.3 Å². The first-order chi connectivity index (χ1) is 15.6. The molecule has 10 nitrogen and oxygen atoms in total. The van der Waals surface area contributed by atoms with Crippen molar-refractivity contribution in [2.24, 2.45) is 0 Å². The molecule has 1 aliphatic heterocycles. The van der Waals surface area contributed by atoms with Crippen LogP contribution in [0.3, 0.4) is 0 Å². The molecule has 4 rings (SSSR count). The van der Waals surface area contributed by atoms with Crippen molar-refractivity contribution in [1.82, 2.24) is 20.2 Å². The molecule has 0 bridgehead atoms. The lowest BCUT2D eigenvalue weighted by molar-refractivity contribution is -0.117. The number of carbonyl (C=O) groups excluding carboxylic acids is 2. The van der Waals surface area contributed by atoms with Crippen LogP contribution in [0.2, 0.25) is 0 Å². The summed E-state index contributed by atoms with van der Waals surface area (Å²) in [5.74, 6) is -0.334. The van der Waals surface area contributed by atoms with Crippen LogP contribution < -0.4 is 10.2 Å². The third-order valence-corrected chi connectivity index (χ3v) is 4.90. The largest absolute Gasteiger partial charge is 0.462 e. The average molecular weight is 436 g/mol. The number of esters is 1. The molecule has 1 N–H and O–H groups in total. The fourth-order valence-corrected chi connectivity index (χ4v) is 3.34. The summed E-state index contributed by atoms with van der Waals surface area (Å²) < 4.78 is 10.4. The molecule has 3 aromatic rings. The maximum absolute atomic E-state index is 12.4. The van der Waals surface area contributed by atoms with Crippen molar-refractivity contribution < 1.29 is 19.1 Å². The van der Waals surface area contributed by atoms with Gasteiger partial charge < -0.3 is 19.7 Å². The van der Waals surface area contributed by atoms with Crippen LogP contribution in [0.25, 0.3) is 11.4 Å². The van der Waals surface area contributed by atoms with E-state index in [2.05, 4.69) is 25.6 Å². The number of aromatic nitrogens is 4. The van der Waals surface area contributed by atoms with Gasteiger partial charge in [-0.15, -0.1) is 10.2 Å². The summed E-state index contributed by atoms with van der Waals surface area (Å²) in [4.78, 5) is 27.7. The second kappa shape index (κ2) is 10.0. The Morgan fingerprint density at radius 1 is 1.12 bits per heavy atom. The first kappa shape index (κ1) is 21.4. The number of tetrazole rings is 1. The Balaban J connectivity index is 1.36. The molecule has 2 heterocycles. The molecule has 1 aliphatic rings. The van der Waals surface area contributed by atoms with Gasteiger partial charge in [-0.1, -0.05) is 6.07 Å². The molecule has 2 aromatic carbocycles. The summed E-state index contributed by atoms with van der Waals surface area (Å²) in [6, 6.07) is 14.5. The van der Waals surface area contributed by atoms with Crippen LogP contribution in [0, 0.1) is 0 Å². The van der Waals surface area contributed by atoms with Crippen LogP contribution in [0.1, 0.15) is 17.3 Å². The van der Waals surface area contributed by atoms with Gasteiger partial charge in [-0.05, 0) is 54.6 Å². The standard InChI is InChI=1S/C22H24N6O4/c1-2-32-22(30)17-4-3-5-18(14-17)23-20(29)15-28-25-21(24-26-28)16-6-8-19(9-7-16)27-10-12-31-13-11-27/h3-9,14H,2,10-13,15H2,1H3,(H,23,29). The Bertz CT molecular complexity index is 1080. The van der Waals surface area contributed by atoms with E-state index in [-0.39, 0.29) is 19.1 Å². The van der Waals surface area contributed by atoms with Crippen molar-refractivity contribution in [1.29, 1.82) is 0 Å². The summed E-state index contributed by atoms with van der Waals surface area (Å²) in [5.41, 5.74) is 2.79. The van der Waals surface area contributed by atoms with Gasteiger partial charge >= 0.3 is 5.97 Å². The number of carbonyl (C=O) groups is 2. The average Bonchev–Trinajstić information content (AvgIpc) is 3.28. The summed E-state index contributed by atoms with van der Waals surface area (Å²) in [7, 11) is 0. The smallest absolute Gasteiger partial charge is 0.338 e. The number of hydrogen-bond acceptors (Lipinski definition) is 8. The van der Waals surface area contributed by atoms with Crippen LogP contribution in [-0.2, 0) is 20.8 Å². The third-order valence-electron chi connectivity index (χ3n) is 4.90. The Kier molecular flexibility index (Phi) is 6.71. The normalized spacial score (nSPS) is 13.6. The third kappa shape index (κ3) is 5.27. The number of amides is 1. The lowest BCUT2D eigenvalue weighted by Gasteiger charge is -2.28. The number of nitrogens with zero attached hydrogens (tertiary/aromatic N) is 5. The first-order valence-corrected chi connectivity index (χ1v) is 10.4. The lowest BCUT2D eigenvalue weighted by Crippen LogP contribution is -2.36. The molecule has 0 saturated carbocycles. The minimum absolute atomic E-state index is 0.109. The number of hydrogen-bond donors (Lipinski definition) is 1. The molecule has 1 saturated heterocycles. The van der Waals surface area contributed by atoms with Crippen LogP contribution in [0.5, 0.6) is 0 Å². The van der Waals surface area contributed by atoms with Crippen molar-refractivity contribution in [3.63, 3.8) is 0 Å². The van der Waals surface area contributed by atoms with Gasteiger partial charge in [0.15, 0.2) is 0 Å². The Labute approximate surface area is 185 Å². The molecule has 32 heavy (non-hydrogen) atoms. The quantitative estimate of drug-likeness (QED) is 0.560.